The molecule has 0 unspecified atom stereocenters. The standard InChI is InChI=1S/C21H19N5O2S/c1-13-20(28)18(16(12-27)10-22-13)11-23-26-19(24-25-21(26)29)9-15-7-4-6-14-5-2-3-8-17(14)15/h2-8,10-11,27-28H,9,12H2,1H3,(H,25,29). The van der Waals surface area contributed by atoms with Crippen LogP contribution in [-0.4, -0.2) is 36.3 Å². The van der Waals surface area contributed by atoms with Crippen molar-refractivity contribution in [3.8, 4) is 5.75 Å². The van der Waals surface area contributed by atoms with Gasteiger partial charge in [-0.1, -0.05) is 42.5 Å². The molecule has 0 spiro atoms. The Balaban J connectivity index is 1.73. The predicted octanol–water partition coefficient (Wildman–Crippen LogP) is 3.47. The van der Waals surface area contributed by atoms with E-state index >= 15 is 0 Å². The molecule has 0 aliphatic heterocycles. The first-order chi connectivity index (χ1) is 14.1. The summed E-state index contributed by atoms with van der Waals surface area (Å²) < 4.78 is 1.86. The maximum Gasteiger partial charge on any atom is 0.216 e. The monoisotopic (exact) mass is 405 g/mol. The van der Waals surface area contributed by atoms with Crippen LogP contribution in [0.25, 0.3) is 10.8 Å². The molecule has 0 radical (unpaired) electrons. The summed E-state index contributed by atoms with van der Waals surface area (Å²) in [5.74, 6) is 0.615. The van der Waals surface area contributed by atoms with E-state index in [-0.39, 0.29) is 12.4 Å². The van der Waals surface area contributed by atoms with Crippen molar-refractivity contribution in [2.45, 2.75) is 20.0 Å². The molecule has 2 heterocycles. The largest absolute Gasteiger partial charge is 0.505 e. The molecule has 2 aromatic heterocycles. The van der Waals surface area contributed by atoms with Crippen LogP contribution in [0, 0.1) is 11.7 Å². The second-order valence-electron chi connectivity index (χ2n) is 6.61. The number of rotatable bonds is 5. The zero-order valence-electron chi connectivity index (χ0n) is 15.7. The van der Waals surface area contributed by atoms with E-state index in [1.165, 1.54) is 17.1 Å². The zero-order chi connectivity index (χ0) is 20.4. The lowest BCUT2D eigenvalue weighted by Gasteiger charge is -2.08. The van der Waals surface area contributed by atoms with Gasteiger partial charge < -0.3 is 10.2 Å². The fourth-order valence-electron chi connectivity index (χ4n) is 3.21. The summed E-state index contributed by atoms with van der Waals surface area (Å²) in [6.45, 7) is 1.42. The molecule has 0 bridgehead atoms. The molecule has 3 N–H and O–H groups in total. The van der Waals surface area contributed by atoms with E-state index in [0.29, 0.717) is 33.8 Å². The lowest BCUT2D eigenvalue weighted by atomic mass is 10.0. The summed E-state index contributed by atoms with van der Waals surface area (Å²) in [5, 5.41) is 33.7. The van der Waals surface area contributed by atoms with Gasteiger partial charge in [-0.05, 0) is 35.5 Å². The molecule has 4 aromatic rings. The minimum absolute atomic E-state index is 0.0223. The Labute approximate surface area is 172 Å². The van der Waals surface area contributed by atoms with Crippen LogP contribution in [0.15, 0.2) is 53.8 Å². The van der Waals surface area contributed by atoms with E-state index in [4.69, 9.17) is 12.2 Å². The lowest BCUT2D eigenvalue weighted by Crippen LogP contribution is -2.03. The Morgan fingerprint density at radius 3 is 2.79 bits per heavy atom. The molecule has 0 aliphatic rings. The number of aromatic nitrogens is 4. The first kappa shape index (κ1) is 19.0. The van der Waals surface area contributed by atoms with Gasteiger partial charge in [0, 0.05) is 23.7 Å². The average molecular weight is 405 g/mol. The molecule has 0 saturated heterocycles. The van der Waals surface area contributed by atoms with Gasteiger partial charge in [-0.3, -0.25) is 10.1 Å². The minimum atomic E-state index is -0.262. The van der Waals surface area contributed by atoms with Crippen LogP contribution in [0.3, 0.4) is 0 Å². The Morgan fingerprint density at radius 2 is 1.97 bits per heavy atom. The molecule has 146 valence electrons. The maximum atomic E-state index is 10.3. The van der Waals surface area contributed by atoms with Crippen LogP contribution in [0.1, 0.15) is 28.2 Å². The summed E-state index contributed by atoms with van der Waals surface area (Å²) in [5.41, 5.74) is 2.43. The second-order valence-corrected chi connectivity index (χ2v) is 6.99. The average Bonchev–Trinajstić information content (AvgIpc) is 3.08. The van der Waals surface area contributed by atoms with E-state index in [1.807, 2.05) is 18.2 Å². The smallest absolute Gasteiger partial charge is 0.216 e. The van der Waals surface area contributed by atoms with Crippen LogP contribution in [0.4, 0.5) is 0 Å². The van der Waals surface area contributed by atoms with Crippen molar-refractivity contribution in [2.24, 2.45) is 5.10 Å². The van der Waals surface area contributed by atoms with Gasteiger partial charge >= 0.3 is 0 Å². The highest BCUT2D eigenvalue weighted by molar-refractivity contribution is 7.71. The van der Waals surface area contributed by atoms with Crippen LogP contribution in [-0.2, 0) is 13.0 Å². The molecule has 0 amide bonds. The van der Waals surface area contributed by atoms with Crippen LogP contribution < -0.4 is 0 Å². The van der Waals surface area contributed by atoms with E-state index in [0.717, 1.165) is 16.3 Å². The van der Waals surface area contributed by atoms with Crippen LogP contribution in [0.5, 0.6) is 5.75 Å². The van der Waals surface area contributed by atoms with Gasteiger partial charge in [-0.25, -0.2) is 0 Å². The van der Waals surface area contributed by atoms with Gasteiger partial charge in [0.05, 0.1) is 18.5 Å². The first-order valence-electron chi connectivity index (χ1n) is 9.04. The number of aliphatic hydroxyl groups excluding tert-OH is 1. The van der Waals surface area contributed by atoms with Gasteiger partial charge in [0.15, 0.2) is 5.82 Å². The normalized spacial score (nSPS) is 11.5. The predicted molar refractivity (Wildman–Crippen MR) is 114 cm³/mol. The summed E-state index contributed by atoms with van der Waals surface area (Å²) in [6.07, 6.45) is 3.51. The van der Waals surface area contributed by atoms with E-state index in [2.05, 4.69) is 44.5 Å². The second kappa shape index (κ2) is 7.94. The number of aromatic amines is 1. The fourth-order valence-corrected chi connectivity index (χ4v) is 3.41. The number of fused-ring (bicyclic) bond motifs is 1. The van der Waals surface area contributed by atoms with Crippen molar-refractivity contribution >= 4 is 29.2 Å². The maximum absolute atomic E-state index is 10.3. The third kappa shape index (κ3) is 3.67. The molecule has 0 atom stereocenters. The topological polar surface area (TPSA) is 99.3 Å². The molecular formula is C21H19N5O2S. The van der Waals surface area contributed by atoms with Gasteiger partial charge in [0.25, 0.3) is 0 Å². The number of H-pyrrole nitrogens is 1. The molecule has 8 heteroatoms. The molecule has 0 saturated carbocycles. The van der Waals surface area contributed by atoms with Crippen LogP contribution in [0.2, 0.25) is 0 Å². The highest BCUT2D eigenvalue weighted by atomic mass is 32.1. The number of hydrogen-bond acceptors (Lipinski definition) is 6. The summed E-state index contributed by atoms with van der Waals surface area (Å²) in [7, 11) is 0. The van der Waals surface area contributed by atoms with Crippen molar-refractivity contribution < 1.29 is 10.2 Å². The zero-order valence-corrected chi connectivity index (χ0v) is 16.5. The Bertz CT molecular complexity index is 1270. The number of aliphatic hydroxyl groups is 1. The molecule has 0 fully saturated rings. The van der Waals surface area contributed by atoms with E-state index < -0.39 is 0 Å². The molecular weight excluding hydrogens is 386 g/mol. The third-order valence-corrected chi connectivity index (χ3v) is 5.04. The number of hydrogen-bond donors (Lipinski definition) is 3. The molecule has 29 heavy (non-hydrogen) atoms. The molecule has 7 nitrogen and oxygen atoms in total. The lowest BCUT2D eigenvalue weighted by molar-refractivity contribution is 0.280. The molecule has 4 rings (SSSR count). The summed E-state index contributed by atoms with van der Waals surface area (Å²) >= 11 is 5.33. The van der Waals surface area contributed by atoms with Crippen molar-refractivity contribution in [3.63, 3.8) is 0 Å². The van der Waals surface area contributed by atoms with E-state index in [1.54, 1.807) is 6.92 Å². The van der Waals surface area contributed by atoms with E-state index in [9.17, 15) is 10.2 Å². The minimum Gasteiger partial charge on any atom is -0.505 e. The van der Waals surface area contributed by atoms with Gasteiger partial charge in [0.2, 0.25) is 4.77 Å². The SMILES string of the molecule is Cc1ncc(CO)c(C=Nn2c(Cc3cccc4ccccc34)n[nH]c2=S)c1O. The highest BCUT2D eigenvalue weighted by Crippen LogP contribution is 2.23. The fraction of sp³-hybridized carbons (Fsp3) is 0.143. The van der Waals surface area contributed by atoms with Crippen molar-refractivity contribution in [1.82, 2.24) is 19.9 Å². The molecule has 0 aliphatic carbocycles. The quantitative estimate of drug-likeness (QED) is 0.349. The van der Waals surface area contributed by atoms with Crippen molar-refractivity contribution in [1.29, 1.82) is 0 Å². The number of aryl methyl sites for hydroxylation is 1. The summed E-state index contributed by atoms with van der Waals surface area (Å²) in [6, 6.07) is 14.3. The summed E-state index contributed by atoms with van der Waals surface area (Å²) in [4.78, 5) is 4.06. The highest BCUT2D eigenvalue weighted by Gasteiger charge is 2.12. The third-order valence-electron chi connectivity index (χ3n) is 4.78. The van der Waals surface area contributed by atoms with Crippen molar-refractivity contribution in [3.05, 3.63) is 81.6 Å². The number of nitrogens with zero attached hydrogens (tertiary/aromatic N) is 4. The number of aromatic hydroxyl groups is 1. The Hall–Kier alpha value is -3.36. The van der Waals surface area contributed by atoms with Gasteiger partial charge in [0.1, 0.15) is 5.75 Å². The van der Waals surface area contributed by atoms with Gasteiger partial charge in [-0.15, -0.1) is 0 Å². The number of benzene rings is 2. The first-order valence-corrected chi connectivity index (χ1v) is 9.45. The number of nitrogens with one attached hydrogen (secondary N) is 1. The van der Waals surface area contributed by atoms with Crippen molar-refractivity contribution in [2.75, 3.05) is 0 Å². The molecule has 2 aromatic carbocycles. The Morgan fingerprint density at radius 1 is 1.17 bits per heavy atom. The number of pyridine rings is 1. The van der Waals surface area contributed by atoms with Crippen LogP contribution >= 0.6 is 12.2 Å². The van der Waals surface area contributed by atoms with Gasteiger partial charge in [-0.2, -0.15) is 14.9 Å². The Kier molecular flexibility index (Phi) is 5.20.